The Kier molecular flexibility index (Phi) is 4.71. The van der Waals surface area contributed by atoms with Crippen molar-refractivity contribution in [2.75, 3.05) is 10.2 Å². The van der Waals surface area contributed by atoms with Crippen LogP contribution in [-0.4, -0.2) is 17.9 Å². The number of para-hydroxylation sites is 1. The average Bonchev–Trinajstić information content (AvgIpc) is 2.90. The molecule has 3 rings (SSSR count). The summed E-state index contributed by atoms with van der Waals surface area (Å²) >= 11 is 0. The van der Waals surface area contributed by atoms with Crippen molar-refractivity contribution in [2.24, 2.45) is 0 Å². The van der Waals surface area contributed by atoms with Crippen LogP contribution in [0.3, 0.4) is 0 Å². The number of rotatable bonds is 3. The van der Waals surface area contributed by atoms with Gasteiger partial charge in [0.2, 0.25) is 11.8 Å². The number of benzene rings is 2. The Labute approximate surface area is 148 Å². The lowest BCUT2D eigenvalue weighted by Gasteiger charge is -2.22. The zero-order chi connectivity index (χ0) is 18.9. The molecule has 2 aromatic carbocycles. The molecule has 0 radical (unpaired) electrons. The summed E-state index contributed by atoms with van der Waals surface area (Å²) in [5, 5.41) is 2.46. The first-order chi connectivity index (χ1) is 12.3. The molecule has 0 spiro atoms. The summed E-state index contributed by atoms with van der Waals surface area (Å²) in [5.74, 6) is -0.904. The number of anilines is 2. The number of carbonyl (C=O) groups excluding carboxylic acids is 2. The molecule has 1 aliphatic heterocycles. The smallest absolute Gasteiger partial charge is 0.326 e. The minimum atomic E-state index is -4.43. The summed E-state index contributed by atoms with van der Waals surface area (Å²) in [6.45, 7) is 1.91. The fraction of sp³-hybridized carbons (Fsp3) is 0.263. The van der Waals surface area contributed by atoms with Gasteiger partial charge < -0.3 is 10.2 Å². The lowest BCUT2D eigenvalue weighted by atomic mass is 10.1. The number of hydrogen-bond donors (Lipinski definition) is 1. The van der Waals surface area contributed by atoms with E-state index in [0.717, 1.165) is 29.8 Å². The highest BCUT2D eigenvalue weighted by Gasteiger charge is 2.32. The maximum Gasteiger partial charge on any atom is 0.416 e. The second-order valence-electron chi connectivity index (χ2n) is 6.25. The molecule has 7 heteroatoms. The van der Waals surface area contributed by atoms with E-state index in [1.165, 1.54) is 12.1 Å². The van der Waals surface area contributed by atoms with E-state index in [1.807, 2.05) is 31.2 Å². The fourth-order valence-electron chi connectivity index (χ4n) is 3.12. The van der Waals surface area contributed by atoms with Crippen LogP contribution in [0.2, 0.25) is 0 Å². The topological polar surface area (TPSA) is 49.4 Å². The normalized spacial score (nSPS) is 16.3. The number of nitrogens with zero attached hydrogens (tertiary/aromatic N) is 1. The number of hydrogen-bond acceptors (Lipinski definition) is 2. The molecule has 0 aliphatic carbocycles. The molecule has 1 heterocycles. The van der Waals surface area contributed by atoms with Crippen molar-refractivity contribution < 1.29 is 22.8 Å². The molecule has 1 N–H and O–H groups in total. The zero-order valence-corrected chi connectivity index (χ0v) is 14.0. The molecule has 0 saturated carbocycles. The summed E-state index contributed by atoms with van der Waals surface area (Å²) in [6, 6.07) is 11.6. The maximum absolute atomic E-state index is 12.5. The van der Waals surface area contributed by atoms with E-state index >= 15 is 0 Å². The van der Waals surface area contributed by atoms with Crippen molar-refractivity contribution in [3.63, 3.8) is 0 Å². The van der Waals surface area contributed by atoms with Gasteiger partial charge in [0, 0.05) is 17.4 Å². The molecule has 0 bridgehead atoms. The number of halogens is 3. The molecule has 2 amide bonds. The Morgan fingerprint density at radius 2 is 1.77 bits per heavy atom. The summed E-state index contributed by atoms with van der Waals surface area (Å²) in [5.41, 5.74) is 1.27. The van der Waals surface area contributed by atoms with E-state index in [0.29, 0.717) is 0 Å². The van der Waals surface area contributed by atoms with Crippen LogP contribution < -0.4 is 10.2 Å². The van der Waals surface area contributed by atoms with Crippen LogP contribution in [0, 0.1) is 0 Å². The highest BCUT2D eigenvalue weighted by atomic mass is 19.4. The number of alkyl halides is 3. The minimum absolute atomic E-state index is 0.0428. The average molecular weight is 362 g/mol. The predicted molar refractivity (Wildman–Crippen MR) is 91.8 cm³/mol. The molecule has 2 aromatic rings. The third kappa shape index (κ3) is 3.71. The van der Waals surface area contributed by atoms with Gasteiger partial charge in [0.25, 0.3) is 0 Å². The highest BCUT2D eigenvalue weighted by Crippen LogP contribution is 2.32. The van der Waals surface area contributed by atoms with Crippen LogP contribution in [0.15, 0.2) is 48.5 Å². The van der Waals surface area contributed by atoms with Gasteiger partial charge in [0.15, 0.2) is 0 Å². The van der Waals surface area contributed by atoms with E-state index < -0.39 is 17.6 Å². The fourth-order valence-corrected chi connectivity index (χ4v) is 3.12. The number of carbonyl (C=O) groups is 2. The second-order valence-corrected chi connectivity index (χ2v) is 6.25. The lowest BCUT2D eigenvalue weighted by Crippen LogP contribution is -2.37. The van der Waals surface area contributed by atoms with Crippen molar-refractivity contribution in [1.82, 2.24) is 0 Å². The monoisotopic (exact) mass is 362 g/mol. The molecule has 0 aromatic heterocycles. The Hall–Kier alpha value is -2.83. The Morgan fingerprint density at radius 3 is 2.42 bits per heavy atom. The van der Waals surface area contributed by atoms with Gasteiger partial charge >= 0.3 is 6.18 Å². The zero-order valence-electron chi connectivity index (χ0n) is 14.0. The van der Waals surface area contributed by atoms with Crippen molar-refractivity contribution >= 4 is 23.2 Å². The third-order valence-corrected chi connectivity index (χ3v) is 4.28. The first-order valence-corrected chi connectivity index (χ1v) is 8.13. The molecule has 136 valence electrons. The van der Waals surface area contributed by atoms with Gasteiger partial charge in [-0.05, 0) is 49.2 Å². The summed E-state index contributed by atoms with van der Waals surface area (Å²) in [4.78, 5) is 26.2. The van der Waals surface area contributed by atoms with E-state index in [4.69, 9.17) is 0 Å². The number of nitrogens with one attached hydrogen (secondary N) is 1. The Bertz CT molecular complexity index is 831. The molecule has 0 saturated heterocycles. The SMILES string of the molecule is CC1Cc2ccccc2N1C(=O)CC(=O)Nc1ccc(C(F)(F)F)cc1. The van der Waals surface area contributed by atoms with E-state index in [9.17, 15) is 22.8 Å². The van der Waals surface area contributed by atoms with Crippen LogP contribution >= 0.6 is 0 Å². The van der Waals surface area contributed by atoms with Gasteiger partial charge in [-0.3, -0.25) is 9.59 Å². The molecular formula is C19H17F3N2O2. The quantitative estimate of drug-likeness (QED) is 0.839. The van der Waals surface area contributed by atoms with Crippen LogP contribution in [0.4, 0.5) is 24.5 Å². The third-order valence-electron chi connectivity index (χ3n) is 4.28. The minimum Gasteiger partial charge on any atom is -0.326 e. The van der Waals surface area contributed by atoms with Crippen molar-refractivity contribution in [3.8, 4) is 0 Å². The van der Waals surface area contributed by atoms with E-state index in [2.05, 4.69) is 5.32 Å². The second kappa shape index (κ2) is 6.82. The van der Waals surface area contributed by atoms with E-state index in [1.54, 1.807) is 4.90 Å². The Balaban J connectivity index is 1.64. The lowest BCUT2D eigenvalue weighted by molar-refractivity contribution is -0.137. The summed E-state index contributed by atoms with van der Waals surface area (Å²) < 4.78 is 37.6. The van der Waals surface area contributed by atoms with Crippen LogP contribution in [-0.2, 0) is 22.2 Å². The van der Waals surface area contributed by atoms with Crippen LogP contribution in [0.1, 0.15) is 24.5 Å². The molecule has 0 fully saturated rings. The van der Waals surface area contributed by atoms with Crippen LogP contribution in [0.5, 0.6) is 0 Å². The predicted octanol–water partition coefficient (Wildman–Crippen LogP) is 4.01. The molecular weight excluding hydrogens is 345 g/mol. The van der Waals surface area contributed by atoms with Crippen molar-refractivity contribution in [2.45, 2.75) is 32.0 Å². The van der Waals surface area contributed by atoms with Gasteiger partial charge in [-0.15, -0.1) is 0 Å². The van der Waals surface area contributed by atoms with Crippen molar-refractivity contribution in [3.05, 3.63) is 59.7 Å². The first kappa shape index (κ1) is 18.0. The van der Waals surface area contributed by atoms with Gasteiger partial charge in [0.05, 0.1) is 5.56 Å². The molecule has 1 aliphatic rings. The summed E-state index contributed by atoms with van der Waals surface area (Å²) in [6.07, 6.45) is -4.08. The molecule has 26 heavy (non-hydrogen) atoms. The highest BCUT2D eigenvalue weighted by molar-refractivity contribution is 6.10. The number of fused-ring (bicyclic) bond motifs is 1. The van der Waals surface area contributed by atoms with Gasteiger partial charge in [0.1, 0.15) is 6.42 Å². The molecule has 4 nitrogen and oxygen atoms in total. The van der Waals surface area contributed by atoms with Crippen LogP contribution in [0.25, 0.3) is 0 Å². The largest absolute Gasteiger partial charge is 0.416 e. The number of amides is 2. The molecule has 1 atom stereocenters. The van der Waals surface area contributed by atoms with E-state index in [-0.39, 0.29) is 24.1 Å². The molecule has 1 unspecified atom stereocenters. The van der Waals surface area contributed by atoms with Gasteiger partial charge in [-0.1, -0.05) is 18.2 Å². The summed E-state index contributed by atoms with van der Waals surface area (Å²) in [7, 11) is 0. The van der Waals surface area contributed by atoms with Gasteiger partial charge in [-0.25, -0.2) is 0 Å². The first-order valence-electron chi connectivity index (χ1n) is 8.13. The maximum atomic E-state index is 12.5. The standard InChI is InChI=1S/C19H17F3N2O2/c1-12-10-13-4-2-3-5-16(13)24(12)18(26)11-17(25)23-15-8-6-14(7-9-15)19(20,21)22/h2-9,12H,10-11H2,1H3,(H,23,25). The van der Waals surface area contributed by atoms with Gasteiger partial charge in [-0.2, -0.15) is 13.2 Å². The Morgan fingerprint density at radius 1 is 1.12 bits per heavy atom. The van der Waals surface area contributed by atoms with Crippen molar-refractivity contribution in [1.29, 1.82) is 0 Å².